The Balaban J connectivity index is 1.38. The largest absolute Gasteiger partial charge is 0.494 e. The first kappa shape index (κ1) is 20.8. The minimum Gasteiger partial charge on any atom is -0.494 e. The van der Waals surface area contributed by atoms with Gasteiger partial charge in [0.15, 0.2) is 0 Å². The van der Waals surface area contributed by atoms with Crippen LogP contribution >= 0.6 is 0 Å². The van der Waals surface area contributed by atoms with E-state index in [2.05, 4.69) is 15.1 Å². The van der Waals surface area contributed by atoms with E-state index in [9.17, 15) is 0 Å². The normalized spacial score (nSPS) is 17.2. The fourth-order valence-electron chi connectivity index (χ4n) is 4.55. The number of benzene rings is 2. The average molecular weight is 435 g/mol. The van der Waals surface area contributed by atoms with Crippen molar-refractivity contribution in [2.75, 3.05) is 70.3 Å². The predicted octanol–water partition coefficient (Wildman–Crippen LogP) is 3.85. The van der Waals surface area contributed by atoms with Gasteiger partial charge in [-0.3, -0.25) is 9.88 Å². The van der Waals surface area contributed by atoms with E-state index in [1.807, 2.05) is 55.7 Å². The zero-order valence-electron chi connectivity index (χ0n) is 18.7. The molecule has 7 nitrogen and oxygen atoms in total. The average Bonchev–Trinajstić information content (AvgIpc) is 2.82. The van der Waals surface area contributed by atoms with Gasteiger partial charge in [-0.1, -0.05) is 0 Å². The SMILES string of the molecule is CNc1ccc(Oc2ccnc3c(N4CC(CN5CCOCC5)C4)c(OC)ccc23)cc1. The van der Waals surface area contributed by atoms with Gasteiger partial charge in [0.2, 0.25) is 0 Å². The van der Waals surface area contributed by atoms with Crippen molar-refractivity contribution in [1.29, 1.82) is 0 Å². The van der Waals surface area contributed by atoms with Crippen LogP contribution in [0.1, 0.15) is 0 Å². The van der Waals surface area contributed by atoms with Crippen molar-refractivity contribution in [3.05, 3.63) is 48.7 Å². The van der Waals surface area contributed by atoms with Gasteiger partial charge in [0.1, 0.15) is 28.5 Å². The summed E-state index contributed by atoms with van der Waals surface area (Å²) in [5, 5.41) is 4.11. The molecule has 0 radical (unpaired) electrons. The van der Waals surface area contributed by atoms with Gasteiger partial charge in [-0.05, 0) is 42.5 Å². The Labute approximate surface area is 188 Å². The van der Waals surface area contributed by atoms with Gasteiger partial charge >= 0.3 is 0 Å². The van der Waals surface area contributed by atoms with Gasteiger partial charge < -0.3 is 24.4 Å². The maximum Gasteiger partial charge on any atom is 0.144 e. The summed E-state index contributed by atoms with van der Waals surface area (Å²) < 4.78 is 17.4. The van der Waals surface area contributed by atoms with Crippen molar-refractivity contribution in [3.63, 3.8) is 0 Å². The number of hydrogen-bond donors (Lipinski definition) is 1. The van der Waals surface area contributed by atoms with E-state index in [4.69, 9.17) is 19.2 Å². The van der Waals surface area contributed by atoms with Gasteiger partial charge in [-0.25, -0.2) is 0 Å². The van der Waals surface area contributed by atoms with Crippen molar-refractivity contribution < 1.29 is 14.2 Å². The second-order valence-corrected chi connectivity index (χ2v) is 8.38. The van der Waals surface area contributed by atoms with E-state index in [0.717, 1.165) is 85.5 Å². The number of ether oxygens (including phenoxy) is 3. The molecule has 0 saturated carbocycles. The van der Waals surface area contributed by atoms with E-state index in [0.29, 0.717) is 5.92 Å². The number of anilines is 2. The summed E-state index contributed by atoms with van der Waals surface area (Å²) in [5.74, 6) is 3.09. The first-order valence-electron chi connectivity index (χ1n) is 11.2. The van der Waals surface area contributed by atoms with E-state index < -0.39 is 0 Å². The molecule has 5 rings (SSSR count). The van der Waals surface area contributed by atoms with Gasteiger partial charge in [-0.15, -0.1) is 0 Å². The summed E-state index contributed by atoms with van der Waals surface area (Å²) in [6, 6.07) is 13.9. The summed E-state index contributed by atoms with van der Waals surface area (Å²) >= 11 is 0. The lowest BCUT2D eigenvalue weighted by Gasteiger charge is -2.44. The lowest BCUT2D eigenvalue weighted by molar-refractivity contribution is 0.0285. The third kappa shape index (κ3) is 4.18. The monoisotopic (exact) mass is 434 g/mol. The van der Waals surface area contributed by atoms with Crippen LogP contribution in [0.5, 0.6) is 17.2 Å². The van der Waals surface area contributed by atoms with Crippen LogP contribution in [0.2, 0.25) is 0 Å². The molecule has 2 aliphatic heterocycles. The van der Waals surface area contributed by atoms with Crippen molar-refractivity contribution in [2.24, 2.45) is 5.92 Å². The Hall–Kier alpha value is -3.03. The highest BCUT2D eigenvalue weighted by molar-refractivity contribution is 5.98. The summed E-state index contributed by atoms with van der Waals surface area (Å²) in [4.78, 5) is 9.61. The number of morpholine rings is 1. The number of nitrogens with zero attached hydrogens (tertiary/aromatic N) is 3. The fraction of sp³-hybridized carbons (Fsp3) is 0.400. The molecule has 0 unspecified atom stereocenters. The molecule has 7 heteroatoms. The van der Waals surface area contributed by atoms with Crippen LogP contribution in [-0.4, -0.2) is 70.0 Å². The first-order chi connectivity index (χ1) is 15.7. The fourth-order valence-corrected chi connectivity index (χ4v) is 4.55. The second-order valence-electron chi connectivity index (χ2n) is 8.38. The number of pyridine rings is 1. The van der Waals surface area contributed by atoms with Crippen LogP contribution in [-0.2, 0) is 4.74 Å². The quantitative estimate of drug-likeness (QED) is 0.606. The molecule has 3 aromatic rings. The number of hydrogen-bond acceptors (Lipinski definition) is 7. The molecule has 1 aromatic heterocycles. The van der Waals surface area contributed by atoms with Crippen LogP contribution in [0.15, 0.2) is 48.7 Å². The number of fused-ring (bicyclic) bond motifs is 1. The Morgan fingerprint density at radius 1 is 1.03 bits per heavy atom. The summed E-state index contributed by atoms with van der Waals surface area (Å²) in [5.41, 5.74) is 3.02. The van der Waals surface area contributed by atoms with Gasteiger partial charge in [0.25, 0.3) is 0 Å². The molecule has 0 bridgehead atoms. The lowest BCUT2D eigenvalue weighted by Crippen LogP contribution is -2.53. The molecular weight excluding hydrogens is 404 g/mol. The highest BCUT2D eigenvalue weighted by Crippen LogP contribution is 2.42. The van der Waals surface area contributed by atoms with Crippen LogP contribution in [0, 0.1) is 5.92 Å². The number of nitrogens with one attached hydrogen (secondary N) is 1. The number of aromatic nitrogens is 1. The minimum absolute atomic E-state index is 0.651. The zero-order chi connectivity index (χ0) is 21.9. The molecule has 0 aliphatic carbocycles. The summed E-state index contributed by atoms with van der Waals surface area (Å²) in [7, 11) is 3.63. The highest BCUT2D eigenvalue weighted by Gasteiger charge is 2.32. The Morgan fingerprint density at radius 3 is 2.53 bits per heavy atom. The minimum atomic E-state index is 0.651. The molecule has 0 amide bonds. The molecule has 3 heterocycles. The van der Waals surface area contributed by atoms with E-state index in [-0.39, 0.29) is 0 Å². The Bertz CT molecular complexity index is 1060. The standard InChI is InChI=1S/C25H30N4O3/c1-26-19-3-5-20(6-4-19)32-22-9-10-27-24-21(22)7-8-23(30-2)25(24)29-16-18(17-29)15-28-11-13-31-14-12-28/h3-10,18,26H,11-17H2,1-2H3. The van der Waals surface area contributed by atoms with Crippen molar-refractivity contribution in [1.82, 2.24) is 9.88 Å². The molecule has 2 saturated heterocycles. The van der Waals surface area contributed by atoms with Crippen LogP contribution in [0.4, 0.5) is 11.4 Å². The van der Waals surface area contributed by atoms with E-state index in [1.54, 1.807) is 7.11 Å². The molecule has 2 fully saturated rings. The highest BCUT2D eigenvalue weighted by atomic mass is 16.5. The molecule has 0 spiro atoms. The van der Waals surface area contributed by atoms with Crippen molar-refractivity contribution >= 4 is 22.3 Å². The third-order valence-corrected chi connectivity index (χ3v) is 6.29. The van der Waals surface area contributed by atoms with Crippen LogP contribution < -0.4 is 19.7 Å². The van der Waals surface area contributed by atoms with E-state index >= 15 is 0 Å². The van der Waals surface area contributed by atoms with Gasteiger partial charge in [0.05, 0.1) is 20.3 Å². The molecule has 32 heavy (non-hydrogen) atoms. The molecule has 2 aliphatic rings. The second kappa shape index (κ2) is 9.22. The molecule has 1 N–H and O–H groups in total. The maximum atomic E-state index is 6.23. The third-order valence-electron chi connectivity index (χ3n) is 6.29. The zero-order valence-corrected chi connectivity index (χ0v) is 18.7. The molecule has 168 valence electrons. The van der Waals surface area contributed by atoms with Crippen molar-refractivity contribution in [2.45, 2.75) is 0 Å². The first-order valence-corrected chi connectivity index (χ1v) is 11.2. The van der Waals surface area contributed by atoms with E-state index in [1.165, 1.54) is 0 Å². The maximum absolute atomic E-state index is 6.23. The smallest absolute Gasteiger partial charge is 0.144 e. The van der Waals surface area contributed by atoms with Gasteiger partial charge in [-0.2, -0.15) is 0 Å². The summed E-state index contributed by atoms with van der Waals surface area (Å²) in [6.45, 7) is 6.89. The summed E-state index contributed by atoms with van der Waals surface area (Å²) in [6.07, 6.45) is 1.81. The van der Waals surface area contributed by atoms with Gasteiger partial charge in [0, 0.05) is 63.0 Å². The molecular formula is C25H30N4O3. The number of methoxy groups -OCH3 is 1. The van der Waals surface area contributed by atoms with Crippen molar-refractivity contribution in [3.8, 4) is 17.2 Å². The van der Waals surface area contributed by atoms with Crippen LogP contribution in [0.3, 0.4) is 0 Å². The Morgan fingerprint density at radius 2 is 1.81 bits per heavy atom. The Kier molecular flexibility index (Phi) is 6.01. The molecule has 2 aromatic carbocycles. The van der Waals surface area contributed by atoms with Crippen LogP contribution in [0.25, 0.3) is 10.9 Å². The number of rotatable bonds is 7. The predicted molar refractivity (Wildman–Crippen MR) is 127 cm³/mol. The lowest BCUT2D eigenvalue weighted by atomic mass is 9.97. The topological polar surface area (TPSA) is 59.1 Å². The molecule has 0 atom stereocenters.